The van der Waals surface area contributed by atoms with E-state index in [1.165, 1.54) is 0 Å². The van der Waals surface area contributed by atoms with Gasteiger partial charge in [-0.15, -0.1) is 0 Å². The van der Waals surface area contributed by atoms with E-state index in [4.69, 9.17) is 17.4 Å². The molecule has 2 rings (SSSR count). The summed E-state index contributed by atoms with van der Waals surface area (Å²) in [7, 11) is 0. The Morgan fingerprint density at radius 3 is 2.84 bits per heavy atom. The largest absolute Gasteiger partial charge is 0.270 e. The van der Waals surface area contributed by atoms with Crippen molar-refractivity contribution >= 4 is 27.5 Å². The molecule has 1 atom stereocenters. The summed E-state index contributed by atoms with van der Waals surface area (Å²) in [4.78, 5) is 4.36. The molecule has 7 heteroatoms. The van der Waals surface area contributed by atoms with Gasteiger partial charge in [-0.3, -0.25) is 15.5 Å². The normalized spacial score (nSPS) is 12.6. The van der Waals surface area contributed by atoms with Crippen molar-refractivity contribution < 1.29 is 0 Å². The summed E-state index contributed by atoms with van der Waals surface area (Å²) in [5.74, 6) is 5.67. The van der Waals surface area contributed by atoms with E-state index in [2.05, 4.69) is 38.4 Å². The molecule has 0 bridgehead atoms. The summed E-state index contributed by atoms with van der Waals surface area (Å²) in [6, 6.07) is 3.53. The molecule has 102 valence electrons. The van der Waals surface area contributed by atoms with Crippen molar-refractivity contribution in [1.29, 1.82) is 0 Å². The molecular formula is C12H15BrClN5. The van der Waals surface area contributed by atoms with Gasteiger partial charge in [-0.25, -0.2) is 5.43 Å². The van der Waals surface area contributed by atoms with E-state index in [0.29, 0.717) is 5.02 Å². The maximum Gasteiger partial charge on any atom is 0.106 e. The number of hydrogen-bond acceptors (Lipinski definition) is 4. The molecule has 0 saturated carbocycles. The number of hydrazine groups is 1. The van der Waals surface area contributed by atoms with Crippen molar-refractivity contribution in [3.63, 3.8) is 0 Å². The van der Waals surface area contributed by atoms with Gasteiger partial charge in [0.2, 0.25) is 0 Å². The van der Waals surface area contributed by atoms with E-state index < -0.39 is 0 Å². The maximum atomic E-state index is 6.22. The van der Waals surface area contributed by atoms with Crippen LogP contribution in [0.5, 0.6) is 0 Å². The van der Waals surface area contributed by atoms with E-state index in [-0.39, 0.29) is 6.04 Å². The van der Waals surface area contributed by atoms with Gasteiger partial charge in [0.25, 0.3) is 0 Å². The molecule has 2 aromatic rings. The first kappa shape index (κ1) is 14.5. The Kier molecular flexibility index (Phi) is 4.93. The van der Waals surface area contributed by atoms with Crippen molar-refractivity contribution in [2.75, 3.05) is 0 Å². The molecule has 0 amide bonds. The summed E-state index contributed by atoms with van der Waals surface area (Å²) in [6.45, 7) is 2.87. The van der Waals surface area contributed by atoms with Crippen LogP contribution in [0.15, 0.2) is 29.0 Å². The Morgan fingerprint density at radius 1 is 1.47 bits per heavy atom. The zero-order chi connectivity index (χ0) is 13.8. The van der Waals surface area contributed by atoms with Crippen LogP contribution in [0.25, 0.3) is 0 Å². The lowest BCUT2D eigenvalue weighted by Crippen LogP contribution is -2.31. The molecule has 5 nitrogen and oxygen atoms in total. The standard InChI is InChI=1S/C12H15BrClN5/c1-2-5-19-12(9(14)7-17-19)11(18-15)10-4-3-8(13)6-16-10/h3-4,6-7,11,18H,2,5,15H2,1H3. The second-order valence-electron chi connectivity index (χ2n) is 4.10. The van der Waals surface area contributed by atoms with Gasteiger partial charge >= 0.3 is 0 Å². The van der Waals surface area contributed by atoms with Crippen LogP contribution in [-0.4, -0.2) is 14.8 Å². The molecule has 0 spiro atoms. The Morgan fingerprint density at radius 2 is 2.26 bits per heavy atom. The Hall–Kier alpha value is -0.950. The monoisotopic (exact) mass is 343 g/mol. The highest BCUT2D eigenvalue weighted by Crippen LogP contribution is 2.27. The molecule has 0 radical (unpaired) electrons. The lowest BCUT2D eigenvalue weighted by atomic mass is 10.1. The summed E-state index contributed by atoms with van der Waals surface area (Å²) in [5.41, 5.74) is 4.39. The van der Waals surface area contributed by atoms with Gasteiger partial charge in [-0.1, -0.05) is 18.5 Å². The molecule has 0 fully saturated rings. The summed E-state index contributed by atoms with van der Waals surface area (Å²) in [5, 5.41) is 4.85. The van der Waals surface area contributed by atoms with Crippen LogP contribution >= 0.6 is 27.5 Å². The van der Waals surface area contributed by atoms with E-state index in [9.17, 15) is 0 Å². The third kappa shape index (κ3) is 3.14. The molecule has 0 aromatic carbocycles. The average molecular weight is 345 g/mol. The number of rotatable bonds is 5. The number of hydrogen-bond donors (Lipinski definition) is 2. The molecular weight excluding hydrogens is 330 g/mol. The van der Waals surface area contributed by atoms with Gasteiger partial charge in [-0.2, -0.15) is 5.10 Å². The lowest BCUT2D eigenvalue weighted by Gasteiger charge is -2.17. The van der Waals surface area contributed by atoms with Gasteiger partial charge in [0.1, 0.15) is 6.04 Å². The highest BCUT2D eigenvalue weighted by molar-refractivity contribution is 9.10. The second kappa shape index (κ2) is 6.47. The average Bonchev–Trinajstić information content (AvgIpc) is 2.76. The second-order valence-corrected chi connectivity index (χ2v) is 5.42. The Balaban J connectivity index is 2.41. The number of nitrogens with two attached hydrogens (primary N) is 1. The van der Waals surface area contributed by atoms with Gasteiger partial charge in [0, 0.05) is 17.2 Å². The summed E-state index contributed by atoms with van der Waals surface area (Å²) in [6.07, 6.45) is 4.33. The van der Waals surface area contributed by atoms with Gasteiger partial charge in [0.15, 0.2) is 0 Å². The minimum Gasteiger partial charge on any atom is -0.270 e. The van der Waals surface area contributed by atoms with E-state index in [1.807, 2.05) is 16.8 Å². The third-order valence-electron chi connectivity index (χ3n) is 2.75. The minimum absolute atomic E-state index is 0.283. The lowest BCUT2D eigenvalue weighted by molar-refractivity contribution is 0.515. The molecule has 0 aliphatic rings. The predicted octanol–water partition coefficient (Wildman–Crippen LogP) is 2.66. The van der Waals surface area contributed by atoms with E-state index in [0.717, 1.165) is 28.8 Å². The first-order valence-electron chi connectivity index (χ1n) is 5.96. The van der Waals surface area contributed by atoms with Crippen molar-refractivity contribution in [1.82, 2.24) is 20.2 Å². The fourth-order valence-corrected chi connectivity index (χ4v) is 2.40. The number of nitrogens with zero attached hydrogens (tertiary/aromatic N) is 3. The third-order valence-corrected chi connectivity index (χ3v) is 3.52. The topological polar surface area (TPSA) is 68.8 Å². The molecule has 1 unspecified atom stereocenters. The fourth-order valence-electron chi connectivity index (χ4n) is 1.91. The zero-order valence-corrected chi connectivity index (χ0v) is 12.8. The van der Waals surface area contributed by atoms with Crippen LogP contribution in [0.3, 0.4) is 0 Å². The van der Waals surface area contributed by atoms with Gasteiger partial charge in [-0.05, 0) is 34.5 Å². The van der Waals surface area contributed by atoms with Crippen LogP contribution < -0.4 is 11.3 Å². The number of nitrogens with one attached hydrogen (secondary N) is 1. The Bertz CT molecular complexity index is 540. The molecule has 2 aromatic heterocycles. The van der Waals surface area contributed by atoms with Crippen LogP contribution in [0.2, 0.25) is 5.02 Å². The molecule has 19 heavy (non-hydrogen) atoms. The fraction of sp³-hybridized carbons (Fsp3) is 0.333. The molecule has 3 N–H and O–H groups in total. The molecule has 0 saturated heterocycles. The van der Waals surface area contributed by atoms with Gasteiger partial charge < -0.3 is 0 Å². The predicted molar refractivity (Wildman–Crippen MR) is 78.6 cm³/mol. The number of pyridine rings is 1. The summed E-state index contributed by atoms with van der Waals surface area (Å²) >= 11 is 9.58. The highest BCUT2D eigenvalue weighted by Gasteiger charge is 2.21. The maximum absolute atomic E-state index is 6.22. The molecule has 0 aliphatic carbocycles. The molecule has 2 heterocycles. The SMILES string of the molecule is CCCn1ncc(Cl)c1C(NN)c1ccc(Br)cn1. The van der Waals surface area contributed by atoms with Crippen LogP contribution in [0.1, 0.15) is 30.8 Å². The van der Waals surface area contributed by atoms with E-state index >= 15 is 0 Å². The zero-order valence-electron chi connectivity index (χ0n) is 10.5. The minimum atomic E-state index is -0.283. The summed E-state index contributed by atoms with van der Waals surface area (Å²) < 4.78 is 2.77. The Labute approximate surface area is 125 Å². The van der Waals surface area contributed by atoms with Gasteiger partial charge in [0.05, 0.1) is 22.6 Å². The number of aryl methyl sites for hydroxylation is 1. The number of aromatic nitrogens is 3. The van der Waals surface area contributed by atoms with Crippen molar-refractivity contribution in [3.05, 3.63) is 45.4 Å². The van der Waals surface area contributed by atoms with Crippen molar-refractivity contribution in [2.24, 2.45) is 5.84 Å². The van der Waals surface area contributed by atoms with E-state index in [1.54, 1.807) is 12.4 Å². The molecule has 0 aliphatic heterocycles. The first-order chi connectivity index (χ1) is 9.17. The highest BCUT2D eigenvalue weighted by atomic mass is 79.9. The quantitative estimate of drug-likeness (QED) is 0.646. The smallest absolute Gasteiger partial charge is 0.106 e. The van der Waals surface area contributed by atoms with Crippen LogP contribution in [-0.2, 0) is 6.54 Å². The number of halogens is 2. The van der Waals surface area contributed by atoms with Crippen molar-refractivity contribution in [2.45, 2.75) is 25.9 Å². The van der Waals surface area contributed by atoms with Crippen LogP contribution in [0, 0.1) is 0 Å². The van der Waals surface area contributed by atoms with Crippen LogP contribution in [0.4, 0.5) is 0 Å². The first-order valence-corrected chi connectivity index (χ1v) is 7.13. The van der Waals surface area contributed by atoms with Crippen molar-refractivity contribution in [3.8, 4) is 0 Å².